The van der Waals surface area contributed by atoms with Crippen molar-refractivity contribution < 1.29 is 18.7 Å². The number of halogens is 1. The molecular weight excluding hydrogens is 527 g/mol. The van der Waals surface area contributed by atoms with Crippen LogP contribution in [0.4, 0.5) is 15.9 Å². The van der Waals surface area contributed by atoms with E-state index in [0.29, 0.717) is 60.8 Å². The molecule has 0 saturated heterocycles. The van der Waals surface area contributed by atoms with E-state index in [4.69, 9.17) is 9.72 Å². The summed E-state index contributed by atoms with van der Waals surface area (Å²) in [5.74, 6) is 0.785. The van der Waals surface area contributed by atoms with Crippen LogP contribution in [0.3, 0.4) is 0 Å². The van der Waals surface area contributed by atoms with Crippen LogP contribution in [0.15, 0.2) is 66.7 Å². The van der Waals surface area contributed by atoms with Crippen molar-refractivity contribution in [3.63, 3.8) is 0 Å². The smallest absolute Gasteiger partial charge is 0.276 e. The zero-order chi connectivity index (χ0) is 27.2. The van der Waals surface area contributed by atoms with Gasteiger partial charge < -0.3 is 19.9 Å². The van der Waals surface area contributed by atoms with Gasteiger partial charge in [0.05, 0.1) is 17.1 Å². The minimum absolute atomic E-state index is 0.0173. The Labute approximate surface area is 235 Å². The molecule has 0 bridgehead atoms. The Morgan fingerprint density at radius 2 is 1.88 bits per heavy atom. The zero-order valence-corrected chi connectivity index (χ0v) is 22.5. The Bertz CT molecular complexity index is 1630. The van der Waals surface area contributed by atoms with Crippen molar-refractivity contribution in [1.82, 2.24) is 10.3 Å². The van der Waals surface area contributed by atoms with Gasteiger partial charge in [0, 0.05) is 35.1 Å². The number of aromatic nitrogens is 1. The fourth-order valence-corrected chi connectivity index (χ4v) is 6.47. The molecule has 7 nitrogen and oxygen atoms in total. The molecule has 2 amide bonds. The summed E-state index contributed by atoms with van der Waals surface area (Å²) in [4.78, 5) is 37.0. The highest BCUT2D eigenvalue weighted by molar-refractivity contribution is 7.17. The minimum atomic E-state index is -0.315. The zero-order valence-electron chi connectivity index (χ0n) is 21.7. The number of para-hydroxylation sites is 1. The predicted molar refractivity (Wildman–Crippen MR) is 153 cm³/mol. The molecular formula is C31H27FN4O3S. The quantitative estimate of drug-likeness (QED) is 0.364. The highest BCUT2D eigenvalue weighted by Crippen LogP contribution is 2.42. The third-order valence-corrected chi connectivity index (χ3v) is 8.72. The van der Waals surface area contributed by atoms with E-state index < -0.39 is 0 Å². The summed E-state index contributed by atoms with van der Waals surface area (Å²) in [7, 11) is 0. The van der Waals surface area contributed by atoms with Crippen molar-refractivity contribution in [2.24, 2.45) is 0 Å². The number of carbonyl (C=O) groups excluding carboxylic acids is 2. The molecule has 2 aliphatic heterocycles. The van der Waals surface area contributed by atoms with Crippen molar-refractivity contribution in [2.45, 2.75) is 31.8 Å². The molecule has 3 aliphatic rings. The first kappa shape index (κ1) is 24.8. The molecule has 0 spiro atoms. The Hall–Kier alpha value is -4.24. The highest BCUT2D eigenvalue weighted by Gasteiger charge is 2.30. The molecule has 0 radical (unpaired) electrons. The van der Waals surface area contributed by atoms with Crippen LogP contribution < -0.4 is 19.9 Å². The Kier molecular flexibility index (Phi) is 6.23. The van der Waals surface area contributed by atoms with Crippen LogP contribution in [0.25, 0.3) is 10.4 Å². The number of hydrogen-bond donors (Lipinski definition) is 1. The lowest BCUT2D eigenvalue weighted by Gasteiger charge is -2.24. The first-order chi connectivity index (χ1) is 19.5. The van der Waals surface area contributed by atoms with Gasteiger partial charge in [-0.25, -0.2) is 9.37 Å². The van der Waals surface area contributed by atoms with Gasteiger partial charge in [-0.1, -0.05) is 24.3 Å². The fraction of sp³-hybridized carbons (Fsp3) is 0.258. The number of ether oxygens (including phenoxy) is 1. The van der Waals surface area contributed by atoms with Crippen LogP contribution in [-0.4, -0.2) is 42.5 Å². The Morgan fingerprint density at radius 1 is 1.00 bits per heavy atom. The maximum atomic E-state index is 13.9. The largest absolute Gasteiger partial charge is 0.491 e. The number of rotatable bonds is 4. The van der Waals surface area contributed by atoms with E-state index in [-0.39, 0.29) is 17.6 Å². The van der Waals surface area contributed by atoms with Crippen molar-refractivity contribution in [3.8, 4) is 16.2 Å². The van der Waals surface area contributed by atoms with E-state index in [9.17, 15) is 14.0 Å². The van der Waals surface area contributed by atoms with Gasteiger partial charge in [-0.05, 0) is 67.3 Å². The lowest BCUT2D eigenvalue weighted by atomic mass is 10.1. The molecule has 7 rings (SSSR count). The molecule has 1 aliphatic carbocycles. The molecule has 0 atom stereocenters. The maximum Gasteiger partial charge on any atom is 0.276 e. The van der Waals surface area contributed by atoms with E-state index in [1.54, 1.807) is 17.0 Å². The van der Waals surface area contributed by atoms with E-state index in [0.717, 1.165) is 40.1 Å². The van der Waals surface area contributed by atoms with Gasteiger partial charge in [-0.2, -0.15) is 0 Å². The second kappa shape index (κ2) is 10.1. The molecule has 1 fully saturated rings. The van der Waals surface area contributed by atoms with Gasteiger partial charge in [0.25, 0.3) is 11.8 Å². The average molecular weight is 555 g/mol. The number of carbonyl (C=O) groups is 2. The second-order valence-electron chi connectivity index (χ2n) is 10.3. The second-order valence-corrected chi connectivity index (χ2v) is 11.4. The van der Waals surface area contributed by atoms with E-state index >= 15 is 0 Å². The summed E-state index contributed by atoms with van der Waals surface area (Å²) >= 11 is 1.49. The first-order valence-electron chi connectivity index (χ1n) is 13.5. The van der Waals surface area contributed by atoms with Gasteiger partial charge in [-0.15, -0.1) is 11.3 Å². The number of anilines is 2. The molecule has 1 N–H and O–H groups in total. The minimum Gasteiger partial charge on any atom is -0.491 e. The lowest BCUT2D eigenvalue weighted by Crippen LogP contribution is -2.34. The summed E-state index contributed by atoms with van der Waals surface area (Å²) in [5, 5.41) is 3.08. The lowest BCUT2D eigenvalue weighted by molar-refractivity contribution is 0.0952. The molecule has 9 heteroatoms. The predicted octanol–water partition coefficient (Wildman–Crippen LogP) is 5.44. The average Bonchev–Trinajstić information content (AvgIpc) is 3.75. The fourth-order valence-electron chi connectivity index (χ4n) is 5.32. The molecule has 202 valence electrons. The topological polar surface area (TPSA) is 74.8 Å². The maximum absolute atomic E-state index is 13.9. The summed E-state index contributed by atoms with van der Waals surface area (Å²) in [6, 6.07) is 20.1. The van der Waals surface area contributed by atoms with Gasteiger partial charge in [0.15, 0.2) is 0 Å². The third kappa shape index (κ3) is 4.70. The Balaban J connectivity index is 1.17. The van der Waals surface area contributed by atoms with Crippen molar-refractivity contribution >= 4 is 34.7 Å². The van der Waals surface area contributed by atoms with Crippen molar-refractivity contribution in [3.05, 3.63) is 94.2 Å². The number of thiophene rings is 1. The highest BCUT2D eigenvalue weighted by atomic mass is 32.1. The van der Waals surface area contributed by atoms with Gasteiger partial charge in [0.1, 0.15) is 29.7 Å². The number of nitrogens with one attached hydrogen (secondary N) is 1. The Morgan fingerprint density at radius 3 is 2.75 bits per heavy atom. The SMILES string of the molecule is O=C(NC1CC1)c1cc2c(s1)-c1ccccc1N(C(=O)c1cccc(N3CCOc4ccc(F)cc4C3)n1)CC2. The van der Waals surface area contributed by atoms with E-state index in [1.807, 2.05) is 47.4 Å². The monoisotopic (exact) mass is 554 g/mol. The van der Waals surface area contributed by atoms with Gasteiger partial charge in [-0.3, -0.25) is 9.59 Å². The van der Waals surface area contributed by atoms with Crippen LogP contribution in [0.2, 0.25) is 0 Å². The van der Waals surface area contributed by atoms with Crippen LogP contribution >= 0.6 is 11.3 Å². The normalized spacial score (nSPS) is 16.1. The van der Waals surface area contributed by atoms with E-state index in [2.05, 4.69) is 5.32 Å². The number of pyridine rings is 1. The summed E-state index contributed by atoms with van der Waals surface area (Å²) in [5.41, 5.74) is 3.91. The van der Waals surface area contributed by atoms with Gasteiger partial charge in [0.2, 0.25) is 0 Å². The number of nitrogens with zero attached hydrogens (tertiary/aromatic N) is 3. The molecule has 0 unspecified atom stereocenters. The molecule has 1 saturated carbocycles. The summed E-state index contributed by atoms with van der Waals surface area (Å²) in [6.45, 7) is 1.89. The number of benzene rings is 2. The summed E-state index contributed by atoms with van der Waals surface area (Å²) in [6.07, 6.45) is 2.72. The standard InChI is InChI=1S/C31H27FN4O3S/c32-21-8-11-26-20(16-21)18-35(14-15-39-26)28-7-3-5-24(34-28)31(38)36-13-12-19-17-27(30(37)33-22-9-10-22)40-29(19)23-4-1-2-6-25(23)36/h1-8,11,16-17,22H,9-10,12-15,18H2,(H,33,37). The van der Waals surface area contributed by atoms with Crippen LogP contribution in [-0.2, 0) is 13.0 Å². The molecule has 2 aromatic heterocycles. The number of amides is 2. The third-order valence-electron chi connectivity index (χ3n) is 7.51. The van der Waals surface area contributed by atoms with Crippen LogP contribution in [0, 0.1) is 5.82 Å². The first-order valence-corrected chi connectivity index (χ1v) is 14.3. The molecule has 40 heavy (non-hydrogen) atoms. The van der Waals surface area contributed by atoms with Gasteiger partial charge >= 0.3 is 0 Å². The number of fused-ring (bicyclic) bond motifs is 4. The van der Waals surface area contributed by atoms with Crippen LogP contribution in [0.5, 0.6) is 5.75 Å². The summed E-state index contributed by atoms with van der Waals surface area (Å²) < 4.78 is 19.7. The van der Waals surface area contributed by atoms with Crippen LogP contribution in [0.1, 0.15) is 44.1 Å². The number of hydrogen-bond acceptors (Lipinski definition) is 6. The molecule has 4 heterocycles. The molecule has 4 aromatic rings. The molecule has 2 aromatic carbocycles. The van der Waals surface area contributed by atoms with Crippen molar-refractivity contribution in [1.29, 1.82) is 0 Å². The van der Waals surface area contributed by atoms with Crippen molar-refractivity contribution in [2.75, 3.05) is 29.5 Å². The van der Waals surface area contributed by atoms with E-state index in [1.165, 1.54) is 23.5 Å².